The molecule has 3 rings (SSSR count). The molecule has 158 valence electrons. The smallest absolute Gasteiger partial charge is 0.243 e. The summed E-state index contributed by atoms with van der Waals surface area (Å²) in [6.45, 7) is 6.17. The Bertz CT molecular complexity index is 872. The molecule has 0 radical (unpaired) electrons. The molecule has 0 amide bonds. The van der Waals surface area contributed by atoms with Crippen LogP contribution in [0.5, 0.6) is 0 Å². The third kappa shape index (κ3) is 6.04. The maximum atomic E-state index is 12.6. The highest BCUT2D eigenvalue weighted by Crippen LogP contribution is 2.21. The molecule has 2 aromatic rings. The summed E-state index contributed by atoms with van der Waals surface area (Å²) < 4.78 is 28.7. The van der Waals surface area contributed by atoms with Crippen molar-refractivity contribution in [1.29, 1.82) is 0 Å². The molecule has 1 saturated heterocycles. The topological polar surface area (TPSA) is 91.6 Å². The Morgan fingerprint density at radius 2 is 1.93 bits per heavy atom. The second-order valence-electron chi connectivity index (χ2n) is 7.00. The van der Waals surface area contributed by atoms with Crippen molar-refractivity contribution in [3.63, 3.8) is 0 Å². The summed E-state index contributed by atoms with van der Waals surface area (Å²) in [6, 6.07) is 8.97. The molecule has 9 heteroatoms. The fourth-order valence-electron chi connectivity index (χ4n) is 3.24. The van der Waals surface area contributed by atoms with Crippen LogP contribution in [-0.4, -0.2) is 54.6 Å². The van der Waals surface area contributed by atoms with Gasteiger partial charge in [-0.2, -0.15) is 9.40 Å². The predicted molar refractivity (Wildman–Crippen MR) is 114 cm³/mol. The molecule has 8 nitrogen and oxygen atoms in total. The van der Waals surface area contributed by atoms with Gasteiger partial charge in [0.2, 0.25) is 10.0 Å². The molecule has 1 aliphatic heterocycles. The minimum Gasteiger partial charge on any atom is -0.357 e. The maximum absolute atomic E-state index is 12.6. The highest BCUT2D eigenvalue weighted by Gasteiger charge is 2.26. The first kappa shape index (κ1) is 21.3. The summed E-state index contributed by atoms with van der Waals surface area (Å²) in [7, 11) is -3.36. The van der Waals surface area contributed by atoms with Crippen LogP contribution in [0.15, 0.2) is 52.6 Å². The van der Waals surface area contributed by atoms with E-state index >= 15 is 0 Å². The second-order valence-corrected chi connectivity index (χ2v) is 8.94. The van der Waals surface area contributed by atoms with Gasteiger partial charge < -0.3 is 10.6 Å². The SMILES string of the molecule is CCNC(=NCc1ccc(S(=O)(=O)N2CCCC2)cc1)NCCCn1cccn1. The molecule has 0 atom stereocenters. The monoisotopic (exact) mass is 418 g/mol. The number of guanidine groups is 1. The Balaban J connectivity index is 1.53. The number of hydrogen-bond donors (Lipinski definition) is 2. The zero-order valence-electron chi connectivity index (χ0n) is 16.9. The number of nitrogens with zero attached hydrogens (tertiary/aromatic N) is 4. The standard InChI is InChI=1S/C20H30N6O2S/c1-2-21-20(22-11-5-13-25-14-6-12-24-25)23-17-18-7-9-19(10-8-18)29(27,28)26-15-3-4-16-26/h6-10,12,14H,2-5,11,13,15-17H2,1H3,(H2,21,22,23). The van der Waals surface area contributed by atoms with Gasteiger partial charge in [0, 0.05) is 45.1 Å². The number of aryl methyl sites for hydroxylation is 1. The van der Waals surface area contributed by atoms with Crippen LogP contribution in [0.2, 0.25) is 0 Å². The highest BCUT2D eigenvalue weighted by molar-refractivity contribution is 7.89. The van der Waals surface area contributed by atoms with Crippen molar-refractivity contribution in [1.82, 2.24) is 24.7 Å². The van der Waals surface area contributed by atoms with E-state index < -0.39 is 10.0 Å². The molecule has 0 aliphatic carbocycles. The van der Waals surface area contributed by atoms with Crippen LogP contribution >= 0.6 is 0 Å². The number of nitrogens with one attached hydrogen (secondary N) is 2. The molecule has 0 unspecified atom stereocenters. The van der Waals surface area contributed by atoms with E-state index in [0.29, 0.717) is 24.5 Å². The first-order chi connectivity index (χ1) is 14.1. The summed E-state index contributed by atoms with van der Waals surface area (Å²) in [4.78, 5) is 4.96. The number of rotatable bonds is 9. The zero-order chi connectivity index (χ0) is 20.5. The lowest BCUT2D eigenvalue weighted by atomic mass is 10.2. The van der Waals surface area contributed by atoms with Gasteiger partial charge in [-0.1, -0.05) is 12.1 Å². The Labute approximate surface area is 173 Å². The summed E-state index contributed by atoms with van der Waals surface area (Å²) in [5.74, 6) is 0.752. The first-order valence-electron chi connectivity index (χ1n) is 10.2. The minimum absolute atomic E-state index is 0.357. The van der Waals surface area contributed by atoms with Crippen LogP contribution < -0.4 is 10.6 Å². The Morgan fingerprint density at radius 3 is 2.59 bits per heavy atom. The van der Waals surface area contributed by atoms with E-state index in [0.717, 1.165) is 50.4 Å². The minimum atomic E-state index is -3.36. The van der Waals surface area contributed by atoms with Gasteiger partial charge in [-0.25, -0.2) is 13.4 Å². The quantitative estimate of drug-likeness (QED) is 0.368. The van der Waals surface area contributed by atoms with E-state index in [-0.39, 0.29) is 0 Å². The van der Waals surface area contributed by atoms with Crippen LogP contribution in [-0.2, 0) is 23.1 Å². The molecule has 1 aromatic carbocycles. The number of sulfonamides is 1. The van der Waals surface area contributed by atoms with Crippen molar-refractivity contribution in [3.05, 3.63) is 48.3 Å². The molecular weight excluding hydrogens is 388 g/mol. The lowest BCUT2D eigenvalue weighted by molar-refractivity contribution is 0.477. The average Bonchev–Trinajstić information content (AvgIpc) is 3.44. The van der Waals surface area contributed by atoms with Gasteiger partial charge in [0.05, 0.1) is 11.4 Å². The van der Waals surface area contributed by atoms with E-state index in [1.54, 1.807) is 22.6 Å². The van der Waals surface area contributed by atoms with E-state index in [9.17, 15) is 8.42 Å². The van der Waals surface area contributed by atoms with E-state index in [1.807, 2.05) is 36.0 Å². The largest absolute Gasteiger partial charge is 0.357 e. The van der Waals surface area contributed by atoms with Crippen LogP contribution in [0.3, 0.4) is 0 Å². The predicted octanol–water partition coefficient (Wildman–Crippen LogP) is 1.81. The van der Waals surface area contributed by atoms with Crippen molar-refractivity contribution in [2.45, 2.75) is 44.2 Å². The Morgan fingerprint density at radius 1 is 1.17 bits per heavy atom. The van der Waals surface area contributed by atoms with Crippen molar-refractivity contribution in [3.8, 4) is 0 Å². The van der Waals surface area contributed by atoms with Gasteiger partial charge >= 0.3 is 0 Å². The van der Waals surface area contributed by atoms with Crippen LogP contribution in [0, 0.1) is 0 Å². The summed E-state index contributed by atoms with van der Waals surface area (Å²) >= 11 is 0. The number of aromatic nitrogens is 2. The van der Waals surface area contributed by atoms with Crippen LogP contribution in [0.4, 0.5) is 0 Å². The highest BCUT2D eigenvalue weighted by atomic mass is 32.2. The molecule has 1 aliphatic rings. The molecule has 29 heavy (non-hydrogen) atoms. The Kier molecular flexibility index (Phi) is 7.65. The van der Waals surface area contributed by atoms with Crippen LogP contribution in [0.1, 0.15) is 31.7 Å². The van der Waals surface area contributed by atoms with Crippen molar-refractivity contribution in [2.75, 3.05) is 26.2 Å². The van der Waals surface area contributed by atoms with Crippen LogP contribution in [0.25, 0.3) is 0 Å². The van der Waals surface area contributed by atoms with E-state index in [1.165, 1.54) is 0 Å². The van der Waals surface area contributed by atoms with Gasteiger partial charge in [-0.3, -0.25) is 4.68 Å². The van der Waals surface area contributed by atoms with E-state index in [2.05, 4.69) is 20.7 Å². The van der Waals surface area contributed by atoms with Gasteiger partial charge in [-0.15, -0.1) is 0 Å². The second kappa shape index (κ2) is 10.4. The molecule has 1 aromatic heterocycles. The van der Waals surface area contributed by atoms with Gasteiger partial charge in [0.25, 0.3) is 0 Å². The fourth-order valence-corrected chi connectivity index (χ4v) is 4.75. The average molecular weight is 419 g/mol. The molecule has 2 heterocycles. The number of hydrogen-bond acceptors (Lipinski definition) is 4. The van der Waals surface area contributed by atoms with Crippen molar-refractivity contribution < 1.29 is 8.42 Å². The Hall–Kier alpha value is -2.39. The summed E-state index contributed by atoms with van der Waals surface area (Å²) in [5.41, 5.74) is 0.971. The van der Waals surface area contributed by atoms with Gasteiger partial charge in [0.1, 0.15) is 0 Å². The van der Waals surface area contributed by atoms with Gasteiger partial charge in [0.15, 0.2) is 5.96 Å². The third-order valence-electron chi connectivity index (χ3n) is 4.81. The lowest BCUT2D eigenvalue weighted by Crippen LogP contribution is -2.38. The molecule has 0 bridgehead atoms. The first-order valence-corrected chi connectivity index (χ1v) is 11.6. The fraction of sp³-hybridized carbons (Fsp3) is 0.500. The molecule has 0 saturated carbocycles. The maximum Gasteiger partial charge on any atom is 0.243 e. The van der Waals surface area contributed by atoms with Crippen molar-refractivity contribution in [2.24, 2.45) is 4.99 Å². The molecular formula is C20H30N6O2S. The zero-order valence-corrected chi connectivity index (χ0v) is 17.7. The van der Waals surface area contributed by atoms with Gasteiger partial charge in [-0.05, 0) is 49.9 Å². The molecule has 2 N–H and O–H groups in total. The normalized spacial score (nSPS) is 15.6. The molecule has 1 fully saturated rings. The summed E-state index contributed by atoms with van der Waals surface area (Å²) in [5, 5.41) is 10.7. The number of benzene rings is 1. The lowest BCUT2D eigenvalue weighted by Gasteiger charge is -2.15. The van der Waals surface area contributed by atoms with E-state index in [4.69, 9.17) is 0 Å². The molecule has 0 spiro atoms. The summed E-state index contributed by atoms with van der Waals surface area (Å²) in [6.07, 6.45) is 6.55. The number of aliphatic imine (C=N–C) groups is 1. The van der Waals surface area contributed by atoms with Crippen molar-refractivity contribution >= 4 is 16.0 Å². The third-order valence-corrected chi connectivity index (χ3v) is 6.72.